The zero-order valence-electron chi connectivity index (χ0n) is 9.70. The third-order valence-corrected chi connectivity index (χ3v) is 2.79. The van der Waals surface area contributed by atoms with E-state index in [2.05, 4.69) is 43.3 Å². The standard InChI is InChI=1S/C15H16O/c1-11-3-6-13(7-4-11)15-8-5-12(2)9-14(15)10-16/h3-9,16H,10H2,1-2H3. The topological polar surface area (TPSA) is 20.2 Å². The van der Waals surface area contributed by atoms with Gasteiger partial charge in [0.05, 0.1) is 6.61 Å². The van der Waals surface area contributed by atoms with E-state index in [1.807, 2.05) is 13.0 Å². The number of aliphatic hydroxyl groups excluding tert-OH is 1. The van der Waals surface area contributed by atoms with Gasteiger partial charge in [-0.25, -0.2) is 0 Å². The second-order valence-electron chi connectivity index (χ2n) is 4.18. The van der Waals surface area contributed by atoms with Crippen molar-refractivity contribution in [3.8, 4) is 11.1 Å². The highest BCUT2D eigenvalue weighted by molar-refractivity contribution is 5.67. The van der Waals surface area contributed by atoms with Gasteiger partial charge < -0.3 is 5.11 Å². The lowest BCUT2D eigenvalue weighted by Crippen LogP contribution is -1.90. The van der Waals surface area contributed by atoms with Gasteiger partial charge in [0.2, 0.25) is 0 Å². The second kappa shape index (κ2) is 4.50. The molecular formula is C15H16O. The van der Waals surface area contributed by atoms with Crippen LogP contribution in [-0.4, -0.2) is 5.11 Å². The molecule has 2 rings (SSSR count). The summed E-state index contributed by atoms with van der Waals surface area (Å²) in [4.78, 5) is 0. The predicted molar refractivity (Wildman–Crippen MR) is 67.3 cm³/mol. The molecule has 0 spiro atoms. The largest absolute Gasteiger partial charge is 0.392 e. The number of hydrogen-bond acceptors (Lipinski definition) is 1. The lowest BCUT2D eigenvalue weighted by atomic mass is 9.97. The van der Waals surface area contributed by atoms with Crippen LogP contribution in [0, 0.1) is 13.8 Å². The third-order valence-electron chi connectivity index (χ3n) is 2.79. The van der Waals surface area contributed by atoms with Gasteiger partial charge in [0, 0.05) is 0 Å². The van der Waals surface area contributed by atoms with Gasteiger partial charge in [-0.2, -0.15) is 0 Å². The molecule has 0 unspecified atom stereocenters. The molecule has 82 valence electrons. The van der Waals surface area contributed by atoms with Crippen LogP contribution < -0.4 is 0 Å². The summed E-state index contributed by atoms with van der Waals surface area (Å²) in [7, 11) is 0. The lowest BCUT2D eigenvalue weighted by Gasteiger charge is -2.09. The van der Waals surface area contributed by atoms with E-state index in [0.717, 1.165) is 16.7 Å². The number of benzene rings is 2. The summed E-state index contributed by atoms with van der Waals surface area (Å²) in [6, 6.07) is 14.6. The first kappa shape index (κ1) is 10.9. The maximum Gasteiger partial charge on any atom is 0.0687 e. The van der Waals surface area contributed by atoms with Crippen LogP contribution in [0.4, 0.5) is 0 Å². The maximum absolute atomic E-state index is 9.36. The average molecular weight is 212 g/mol. The zero-order chi connectivity index (χ0) is 11.5. The molecule has 1 heteroatoms. The van der Waals surface area contributed by atoms with Gasteiger partial charge in [0.1, 0.15) is 0 Å². The Morgan fingerprint density at radius 3 is 2.12 bits per heavy atom. The zero-order valence-corrected chi connectivity index (χ0v) is 9.70. The fourth-order valence-electron chi connectivity index (χ4n) is 1.87. The molecule has 16 heavy (non-hydrogen) atoms. The van der Waals surface area contributed by atoms with Crippen molar-refractivity contribution in [3.05, 3.63) is 59.2 Å². The Morgan fingerprint density at radius 1 is 0.875 bits per heavy atom. The van der Waals surface area contributed by atoms with Gasteiger partial charge in [-0.3, -0.25) is 0 Å². The van der Waals surface area contributed by atoms with Crippen molar-refractivity contribution in [2.24, 2.45) is 0 Å². The first-order valence-electron chi connectivity index (χ1n) is 5.48. The smallest absolute Gasteiger partial charge is 0.0687 e. The molecule has 0 saturated heterocycles. The average Bonchev–Trinajstić information content (AvgIpc) is 2.30. The van der Waals surface area contributed by atoms with E-state index in [-0.39, 0.29) is 6.61 Å². The molecule has 0 heterocycles. The molecule has 0 atom stereocenters. The van der Waals surface area contributed by atoms with Crippen LogP contribution in [0.2, 0.25) is 0 Å². The molecule has 0 radical (unpaired) electrons. The molecule has 0 aliphatic rings. The summed E-state index contributed by atoms with van der Waals surface area (Å²) in [6.07, 6.45) is 0. The molecule has 0 aliphatic heterocycles. The van der Waals surface area contributed by atoms with Crippen LogP contribution in [0.5, 0.6) is 0 Å². The number of hydrogen-bond donors (Lipinski definition) is 1. The van der Waals surface area contributed by atoms with Crippen molar-refractivity contribution in [3.63, 3.8) is 0 Å². The number of aliphatic hydroxyl groups is 1. The molecule has 0 saturated carbocycles. The predicted octanol–water partition coefficient (Wildman–Crippen LogP) is 3.46. The summed E-state index contributed by atoms with van der Waals surface area (Å²) >= 11 is 0. The molecule has 2 aromatic rings. The first-order valence-corrected chi connectivity index (χ1v) is 5.48. The summed E-state index contributed by atoms with van der Waals surface area (Å²) in [6.45, 7) is 4.20. The van der Waals surface area contributed by atoms with E-state index in [4.69, 9.17) is 0 Å². The summed E-state index contributed by atoms with van der Waals surface area (Å²) in [5.41, 5.74) is 5.70. The van der Waals surface area contributed by atoms with Crippen molar-refractivity contribution < 1.29 is 5.11 Å². The molecule has 0 bridgehead atoms. The van der Waals surface area contributed by atoms with E-state index in [1.165, 1.54) is 11.1 Å². The van der Waals surface area contributed by atoms with E-state index in [9.17, 15) is 5.11 Å². The monoisotopic (exact) mass is 212 g/mol. The Balaban J connectivity index is 2.51. The quantitative estimate of drug-likeness (QED) is 0.808. The van der Waals surface area contributed by atoms with E-state index in [0.29, 0.717) is 0 Å². The second-order valence-corrected chi connectivity index (χ2v) is 4.18. The highest BCUT2D eigenvalue weighted by Gasteiger charge is 2.04. The molecule has 1 nitrogen and oxygen atoms in total. The van der Waals surface area contributed by atoms with Crippen molar-refractivity contribution in [2.45, 2.75) is 20.5 Å². The van der Waals surface area contributed by atoms with Crippen LogP contribution in [0.3, 0.4) is 0 Å². The van der Waals surface area contributed by atoms with Gasteiger partial charge in [0.25, 0.3) is 0 Å². The van der Waals surface area contributed by atoms with Crippen molar-refractivity contribution in [1.82, 2.24) is 0 Å². The van der Waals surface area contributed by atoms with Gasteiger partial charge in [-0.05, 0) is 30.5 Å². The van der Waals surface area contributed by atoms with E-state index in [1.54, 1.807) is 0 Å². The van der Waals surface area contributed by atoms with Crippen LogP contribution in [0.25, 0.3) is 11.1 Å². The van der Waals surface area contributed by atoms with Crippen LogP contribution in [0.15, 0.2) is 42.5 Å². The minimum Gasteiger partial charge on any atom is -0.392 e. The molecule has 0 amide bonds. The number of rotatable bonds is 2. The van der Waals surface area contributed by atoms with E-state index < -0.39 is 0 Å². The lowest BCUT2D eigenvalue weighted by molar-refractivity contribution is 0.282. The SMILES string of the molecule is Cc1ccc(-c2ccc(C)cc2CO)cc1. The summed E-state index contributed by atoms with van der Waals surface area (Å²) in [5.74, 6) is 0. The van der Waals surface area contributed by atoms with Crippen LogP contribution in [0.1, 0.15) is 16.7 Å². The Morgan fingerprint density at radius 2 is 1.50 bits per heavy atom. The van der Waals surface area contributed by atoms with Gasteiger partial charge in [-0.1, -0.05) is 53.6 Å². The normalized spacial score (nSPS) is 10.4. The van der Waals surface area contributed by atoms with Crippen LogP contribution >= 0.6 is 0 Å². The Labute approximate surface area is 96.4 Å². The minimum absolute atomic E-state index is 0.0882. The highest BCUT2D eigenvalue weighted by Crippen LogP contribution is 2.25. The van der Waals surface area contributed by atoms with Crippen molar-refractivity contribution >= 4 is 0 Å². The number of aryl methyl sites for hydroxylation is 2. The first-order chi connectivity index (χ1) is 7.70. The van der Waals surface area contributed by atoms with Crippen LogP contribution in [-0.2, 0) is 6.61 Å². The Kier molecular flexibility index (Phi) is 3.07. The molecule has 2 aromatic carbocycles. The molecular weight excluding hydrogens is 196 g/mol. The summed E-state index contributed by atoms with van der Waals surface area (Å²) < 4.78 is 0. The highest BCUT2D eigenvalue weighted by atomic mass is 16.3. The Hall–Kier alpha value is -1.60. The van der Waals surface area contributed by atoms with Gasteiger partial charge in [0.15, 0.2) is 0 Å². The fraction of sp³-hybridized carbons (Fsp3) is 0.200. The minimum atomic E-state index is 0.0882. The molecule has 0 aliphatic carbocycles. The summed E-state index contributed by atoms with van der Waals surface area (Å²) in [5, 5.41) is 9.36. The van der Waals surface area contributed by atoms with Crippen molar-refractivity contribution in [2.75, 3.05) is 0 Å². The van der Waals surface area contributed by atoms with Crippen molar-refractivity contribution in [1.29, 1.82) is 0 Å². The van der Waals surface area contributed by atoms with Gasteiger partial charge >= 0.3 is 0 Å². The third kappa shape index (κ3) is 2.15. The molecule has 1 N–H and O–H groups in total. The van der Waals surface area contributed by atoms with Gasteiger partial charge in [-0.15, -0.1) is 0 Å². The molecule has 0 fully saturated rings. The maximum atomic E-state index is 9.36. The Bertz CT molecular complexity index is 483. The van der Waals surface area contributed by atoms with E-state index >= 15 is 0 Å². The fourth-order valence-corrected chi connectivity index (χ4v) is 1.87. The molecule has 0 aromatic heterocycles.